The maximum absolute atomic E-state index is 15.1. The smallest absolute Gasteiger partial charge is 0.297 e. The summed E-state index contributed by atoms with van der Waals surface area (Å²) in [7, 11) is 0. The van der Waals surface area contributed by atoms with Gasteiger partial charge in [0.05, 0.1) is 18.7 Å². The molecule has 0 radical (unpaired) electrons. The first kappa shape index (κ1) is 26.9. The molecule has 4 aliphatic rings. The number of fused-ring (bicyclic) bond motifs is 2. The monoisotopic (exact) mass is 576 g/mol. The molecule has 1 unspecified atom stereocenters. The average Bonchev–Trinajstić information content (AvgIpc) is 3.67. The van der Waals surface area contributed by atoms with Crippen LogP contribution in [-0.2, 0) is 27.4 Å². The number of nitrogens with zero attached hydrogens (tertiary/aromatic N) is 3. The van der Waals surface area contributed by atoms with Crippen LogP contribution in [0.3, 0.4) is 0 Å². The van der Waals surface area contributed by atoms with E-state index in [4.69, 9.17) is 14.5 Å². The van der Waals surface area contributed by atoms with Gasteiger partial charge in [-0.25, -0.2) is 8.78 Å². The fraction of sp³-hybridized carbons (Fsp3) is 0.419. The minimum Gasteiger partial charge on any atom is -0.483 e. The van der Waals surface area contributed by atoms with Gasteiger partial charge in [-0.05, 0) is 60.4 Å². The SMILES string of the molecule is O=C1CCC(N2Cc3cc(O[C@@H]4CN(Cc5ccc6nc([C@H]7CCOC7)ccc6c5)CC4(F)F)ccc3C2=O)C(=O)N1. The Morgan fingerprint density at radius 3 is 2.76 bits per heavy atom. The van der Waals surface area contributed by atoms with Crippen molar-refractivity contribution >= 4 is 28.6 Å². The lowest BCUT2D eigenvalue weighted by Crippen LogP contribution is -2.52. The molecule has 0 spiro atoms. The molecule has 4 aliphatic heterocycles. The predicted octanol–water partition coefficient (Wildman–Crippen LogP) is 3.40. The minimum atomic E-state index is -3.07. The second kappa shape index (κ2) is 10.4. The van der Waals surface area contributed by atoms with E-state index in [1.54, 1.807) is 17.0 Å². The Kier molecular flexibility index (Phi) is 6.66. The predicted molar refractivity (Wildman–Crippen MR) is 147 cm³/mol. The molecule has 5 heterocycles. The van der Waals surface area contributed by atoms with Gasteiger partial charge in [-0.3, -0.25) is 29.6 Å². The molecule has 0 saturated carbocycles. The number of imide groups is 1. The summed E-state index contributed by atoms with van der Waals surface area (Å²) in [6.45, 7) is 1.56. The number of halogens is 2. The Morgan fingerprint density at radius 1 is 1.07 bits per heavy atom. The molecule has 0 bridgehead atoms. The van der Waals surface area contributed by atoms with Crippen molar-refractivity contribution < 1.29 is 32.6 Å². The minimum absolute atomic E-state index is 0.0440. The highest BCUT2D eigenvalue weighted by Crippen LogP contribution is 2.35. The lowest BCUT2D eigenvalue weighted by atomic mass is 10.0. The van der Waals surface area contributed by atoms with Crippen molar-refractivity contribution in [1.29, 1.82) is 0 Å². The molecule has 9 nitrogen and oxygen atoms in total. The van der Waals surface area contributed by atoms with E-state index in [-0.39, 0.29) is 43.5 Å². The van der Waals surface area contributed by atoms with Gasteiger partial charge < -0.3 is 14.4 Å². The molecule has 3 amide bonds. The van der Waals surface area contributed by atoms with Gasteiger partial charge >= 0.3 is 0 Å². The molecule has 11 heteroatoms. The summed E-state index contributed by atoms with van der Waals surface area (Å²) in [6, 6.07) is 13.9. The van der Waals surface area contributed by atoms with Crippen molar-refractivity contribution in [2.45, 2.75) is 56.3 Å². The summed E-state index contributed by atoms with van der Waals surface area (Å²) < 4.78 is 41.5. The number of nitrogens with one attached hydrogen (secondary N) is 1. The zero-order valence-corrected chi connectivity index (χ0v) is 22.9. The van der Waals surface area contributed by atoms with E-state index in [0.717, 1.165) is 35.2 Å². The number of aromatic nitrogens is 1. The summed E-state index contributed by atoms with van der Waals surface area (Å²) in [5.41, 5.74) is 3.83. The number of benzene rings is 2. The molecule has 1 aromatic heterocycles. The summed E-state index contributed by atoms with van der Waals surface area (Å²) in [6.07, 6.45) is 0.0265. The lowest BCUT2D eigenvalue weighted by Gasteiger charge is -2.29. The normalized spacial score (nSPS) is 25.7. The van der Waals surface area contributed by atoms with Gasteiger partial charge in [0, 0.05) is 55.2 Å². The number of hydrogen-bond acceptors (Lipinski definition) is 7. The molecular weight excluding hydrogens is 546 g/mol. The van der Waals surface area contributed by atoms with Crippen LogP contribution in [0.2, 0.25) is 0 Å². The first-order valence-electron chi connectivity index (χ1n) is 14.3. The van der Waals surface area contributed by atoms with E-state index in [0.29, 0.717) is 30.2 Å². The third-order valence-electron chi connectivity index (χ3n) is 8.63. The zero-order chi connectivity index (χ0) is 29.0. The van der Waals surface area contributed by atoms with Crippen LogP contribution in [0.1, 0.15) is 52.4 Å². The molecule has 1 N–H and O–H groups in total. The first-order chi connectivity index (χ1) is 20.2. The first-order valence-corrected chi connectivity index (χ1v) is 14.3. The van der Waals surface area contributed by atoms with Gasteiger partial charge in [-0.1, -0.05) is 12.1 Å². The maximum atomic E-state index is 15.1. The maximum Gasteiger partial charge on any atom is 0.297 e. The van der Waals surface area contributed by atoms with E-state index in [1.807, 2.05) is 30.3 Å². The van der Waals surface area contributed by atoms with Crippen LogP contribution in [0.25, 0.3) is 10.9 Å². The number of ether oxygens (including phenoxy) is 2. The number of piperidine rings is 1. The molecule has 7 rings (SSSR count). The van der Waals surface area contributed by atoms with Crippen molar-refractivity contribution in [1.82, 2.24) is 20.1 Å². The molecule has 0 aliphatic carbocycles. The van der Waals surface area contributed by atoms with E-state index in [2.05, 4.69) is 5.32 Å². The third kappa shape index (κ3) is 5.00. The van der Waals surface area contributed by atoms with Crippen LogP contribution in [-0.4, -0.2) is 76.9 Å². The van der Waals surface area contributed by atoms with Crippen LogP contribution < -0.4 is 10.1 Å². The summed E-state index contributed by atoms with van der Waals surface area (Å²) in [4.78, 5) is 44.6. The number of likely N-dealkylation sites (tertiary alicyclic amines) is 1. The molecule has 3 saturated heterocycles. The molecule has 3 atom stereocenters. The Bertz CT molecular complexity index is 1590. The number of carbonyl (C=O) groups excluding carboxylic acids is 3. The number of carbonyl (C=O) groups is 3. The van der Waals surface area contributed by atoms with Crippen LogP contribution in [0.4, 0.5) is 8.78 Å². The topological polar surface area (TPSA) is 101 Å². The summed E-state index contributed by atoms with van der Waals surface area (Å²) in [5, 5.41) is 3.24. The van der Waals surface area contributed by atoms with Gasteiger partial charge in [0.1, 0.15) is 11.8 Å². The van der Waals surface area contributed by atoms with Crippen LogP contribution in [0, 0.1) is 0 Å². The number of hydrogen-bond donors (Lipinski definition) is 1. The lowest BCUT2D eigenvalue weighted by molar-refractivity contribution is -0.136. The zero-order valence-electron chi connectivity index (χ0n) is 22.9. The fourth-order valence-corrected chi connectivity index (χ4v) is 6.41. The summed E-state index contributed by atoms with van der Waals surface area (Å²) in [5.74, 6) is -3.68. The number of pyridine rings is 1. The average molecular weight is 577 g/mol. The van der Waals surface area contributed by atoms with E-state index >= 15 is 8.78 Å². The van der Waals surface area contributed by atoms with Gasteiger partial charge in [0.2, 0.25) is 11.8 Å². The van der Waals surface area contributed by atoms with Crippen LogP contribution in [0.15, 0.2) is 48.5 Å². The van der Waals surface area contributed by atoms with Gasteiger partial charge in [-0.2, -0.15) is 0 Å². The third-order valence-corrected chi connectivity index (χ3v) is 8.63. The van der Waals surface area contributed by atoms with E-state index < -0.39 is 30.5 Å². The van der Waals surface area contributed by atoms with E-state index in [1.165, 1.54) is 11.0 Å². The number of rotatable bonds is 6. The number of alkyl halides is 2. The highest BCUT2D eigenvalue weighted by atomic mass is 19.3. The second-order valence-corrected chi connectivity index (χ2v) is 11.6. The van der Waals surface area contributed by atoms with Gasteiger partial charge in [0.15, 0.2) is 6.10 Å². The molecular formula is C31H30F2N4O5. The Morgan fingerprint density at radius 2 is 1.95 bits per heavy atom. The fourth-order valence-electron chi connectivity index (χ4n) is 6.41. The van der Waals surface area contributed by atoms with Crippen molar-refractivity contribution in [3.05, 3.63) is 70.9 Å². The molecule has 3 fully saturated rings. The van der Waals surface area contributed by atoms with Crippen LogP contribution in [0.5, 0.6) is 5.75 Å². The summed E-state index contributed by atoms with van der Waals surface area (Å²) >= 11 is 0. The number of amides is 3. The van der Waals surface area contributed by atoms with Crippen LogP contribution >= 0.6 is 0 Å². The molecule has 2 aromatic carbocycles. The van der Waals surface area contributed by atoms with Crippen molar-refractivity contribution in [2.24, 2.45) is 0 Å². The van der Waals surface area contributed by atoms with Gasteiger partial charge in [0.25, 0.3) is 11.8 Å². The van der Waals surface area contributed by atoms with Crippen molar-refractivity contribution in [3.63, 3.8) is 0 Å². The quantitative estimate of drug-likeness (QED) is 0.449. The molecule has 42 heavy (non-hydrogen) atoms. The largest absolute Gasteiger partial charge is 0.483 e. The standard InChI is InChI=1S/C31H30F2N4O5/c32-31(33)17-36(13-18-1-5-24-19(11-18)2-6-25(34-24)20-9-10-41-16-20)15-27(31)42-22-3-4-23-21(12-22)14-37(30(23)40)26-7-8-28(38)35-29(26)39/h1-6,11-12,20,26-27H,7-10,13-17H2,(H,35,38,39)/t20-,26?,27+/m0/s1. The van der Waals surface area contributed by atoms with Crippen molar-refractivity contribution in [3.8, 4) is 5.75 Å². The van der Waals surface area contributed by atoms with Crippen molar-refractivity contribution in [2.75, 3.05) is 26.3 Å². The highest BCUT2D eigenvalue weighted by Gasteiger charge is 2.50. The molecule has 3 aromatic rings. The van der Waals surface area contributed by atoms with E-state index in [9.17, 15) is 14.4 Å². The molecule has 218 valence electrons. The Labute approximate surface area is 240 Å². The highest BCUT2D eigenvalue weighted by molar-refractivity contribution is 6.05. The Balaban J connectivity index is 1.01. The van der Waals surface area contributed by atoms with Gasteiger partial charge in [-0.15, -0.1) is 0 Å². The Hall–Kier alpha value is -3.96. The second-order valence-electron chi connectivity index (χ2n) is 11.6.